The van der Waals surface area contributed by atoms with Crippen molar-refractivity contribution in [2.75, 3.05) is 7.11 Å². The van der Waals surface area contributed by atoms with Crippen LogP contribution in [0.5, 0.6) is 11.5 Å². The lowest BCUT2D eigenvalue weighted by molar-refractivity contribution is -0.135. The minimum Gasteiger partial charge on any atom is -0.497 e. The normalized spacial score (nSPS) is 21.5. The fraction of sp³-hybridized carbons (Fsp3) is 0.333. The Morgan fingerprint density at radius 2 is 1.52 bits per heavy atom. The van der Waals surface area contributed by atoms with Crippen molar-refractivity contribution < 1.29 is 19.1 Å². The van der Waals surface area contributed by atoms with E-state index >= 15 is 0 Å². The van der Waals surface area contributed by atoms with Gasteiger partial charge in [0.1, 0.15) is 17.3 Å². The topological polar surface area (TPSA) is 52.6 Å². The van der Waals surface area contributed by atoms with Crippen LogP contribution in [0.4, 0.5) is 0 Å². The highest BCUT2D eigenvalue weighted by molar-refractivity contribution is 5.84. The molecule has 4 nitrogen and oxygen atoms in total. The number of ketones is 1. The smallest absolute Gasteiger partial charge is 0.311 e. The lowest BCUT2D eigenvalue weighted by Crippen LogP contribution is -2.16. The second-order valence-electron chi connectivity index (χ2n) is 6.93. The van der Waals surface area contributed by atoms with Gasteiger partial charge in [-0.15, -0.1) is 0 Å². The molecule has 0 saturated heterocycles. The van der Waals surface area contributed by atoms with Gasteiger partial charge in [-0.25, -0.2) is 0 Å². The molecule has 0 N–H and O–H groups in total. The van der Waals surface area contributed by atoms with Gasteiger partial charge in [0, 0.05) is 5.92 Å². The van der Waals surface area contributed by atoms with E-state index in [1.54, 1.807) is 26.2 Å². The van der Waals surface area contributed by atoms with Gasteiger partial charge >= 0.3 is 5.97 Å². The maximum absolute atomic E-state index is 12.1. The molecule has 4 heteroatoms. The molecule has 0 bridgehead atoms. The summed E-state index contributed by atoms with van der Waals surface area (Å²) in [6, 6.07) is 15.2. The summed E-state index contributed by atoms with van der Waals surface area (Å²) in [7, 11) is 1.64. The lowest BCUT2D eigenvalue weighted by Gasteiger charge is -2.10. The zero-order valence-corrected chi connectivity index (χ0v) is 14.7. The number of carbonyl (C=O) groups is 2. The van der Waals surface area contributed by atoms with E-state index in [1.165, 1.54) is 0 Å². The Hall–Kier alpha value is -2.62. The predicted octanol–water partition coefficient (Wildman–Crippen LogP) is 4.27. The van der Waals surface area contributed by atoms with E-state index in [1.807, 2.05) is 43.3 Å². The van der Waals surface area contributed by atoms with E-state index in [-0.39, 0.29) is 29.5 Å². The third-order valence-corrected chi connectivity index (χ3v) is 4.90. The van der Waals surface area contributed by atoms with Gasteiger partial charge in [-0.3, -0.25) is 9.59 Å². The summed E-state index contributed by atoms with van der Waals surface area (Å²) in [6.45, 7) is 3.55. The van der Waals surface area contributed by atoms with Crippen molar-refractivity contribution in [3.63, 3.8) is 0 Å². The number of benzene rings is 2. The summed E-state index contributed by atoms with van der Waals surface area (Å²) < 4.78 is 10.6. The molecule has 0 aromatic heterocycles. The van der Waals surface area contributed by atoms with E-state index in [4.69, 9.17) is 9.47 Å². The second-order valence-corrected chi connectivity index (χ2v) is 6.93. The molecule has 1 fully saturated rings. The number of esters is 1. The fourth-order valence-corrected chi connectivity index (χ4v) is 3.23. The molecule has 1 aliphatic rings. The van der Waals surface area contributed by atoms with Crippen molar-refractivity contribution >= 4 is 11.8 Å². The van der Waals surface area contributed by atoms with Crippen molar-refractivity contribution in [3.8, 4) is 22.6 Å². The highest BCUT2D eigenvalue weighted by atomic mass is 16.5. The third-order valence-electron chi connectivity index (χ3n) is 4.90. The van der Waals surface area contributed by atoms with Crippen LogP contribution in [0.25, 0.3) is 11.1 Å². The molecule has 0 radical (unpaired) electrons. The van der Waals surface area contributed by atoms with E-state index in [9.17, 15) is 9.59 Å². The summed E-state index contributed by atoms with van der Waals surface area (Å²) in [5.74, 6) is 1.19. The average molecular weight is 338 g/mol. The molecule has 2 atom stereocenters. The molecule has 3 rings (SSSR count). The van der Waals surface area contributed by atoms with Gasteiger partial charge < -0.3 is 9.47 Å². The second kappa shape index (κ2) is 6.71. The van der Waals surface area contributed by atoms with Crippen LogP contribution < -0.4 is 9.47 Å². The first kappa shape index (κ1) is 17.2. The SMILES string of the molecule is COc1ccc(-c2ccc(OC(=O)CC3(C)CC3C(C)=O)cc2)cc1. The van der Waals surface area contributed by atoms with Crippen LogP contribution in [0.3, 0.4) is 0 Å². The quantitative estimate of drug-likeness (QED) is 0.583. The van der Waals surface area contributed by atoms with Crippen molar-refractivity contribution in [2.24, 2.45) is 11.3 Å². The van der Waals surface area contributed by atoms with Crippen molar-refractivity contribution in [2.45, 2.75) is 26.7 Å². The molecular formula is C21H22O4. The molecule has 130 valence electrons. The predicted molar refractivity (Wildman–Crippen MR) is 95.6 cm³/mol. The van der Waals surface area contributed by atoms with Gasteiger partial charge in [0.25, 0.3) is 0 Å². The standard InChI is InChI=1S/C21H22O4/c1-14(22)19-12-21(19,2)13-20(23)25-18-10-6-16(7-11-18)15-4-8-17(24-3)9-5-15/h4-11,19H,12-13H2,1-3H3. The minimum absolute atomic E-state index is 0.00232. The molecule has 2 aromatic carbocycles. The van der Waals surface area contributed by atoms with Crippen LogP contribution in [-0.2, 0) is 9.59 Å². The molecular weight excluding hydrogens is 316 g/mol. The average Bonchev–Trinajstić information content (AvgIpc) is 3.27. The van der Waals surface area contributed by atoms with Crippen LogP contribution >= 0.6 is 0 Å². The highest BCUT2D eigenvalue weighted by Gasteiger charge is 2.54. The number of Topliss-reactive ketones (excluding diaryl/α,β-unsaturated/α-hetero) is 1. The first-order chi connectivity index (χ1) is 11.9. The van der Waals surface area contributed by atoms with E-state index in [0.29, 0.717) is 5.75 Å². The maximum atomic E-state index is 12.1. The van der Waals surface area contributed by atoms with Crippen LogP contribution in [0.1, 0.15) is 26.7 Å². The Kier molecular flexibility index (Phi) is 4.62. The van der Waals surface area contributed by atoms with Crippen molar-refractivity contribution in [1.29, 1.82) is 0 Å². The number of methoxy groups -OCH3 is 1. The Morgan fingerprint density at radius 3 is 1.96 bits per heavy atom. The van der Waals surface area contributed by atoms with Gasteiger partial charge in [0.05, 0.1) is 13.5 Å². The highest BCUT2D eigenvalue weighted by Crippen LogP contribution is 2.55. The maximum Gasteiger partial charge on any atom is 0.311 e. The molecule has 1 saturated carbocycles. The molecule has 1 aliphatic carbocycles. The van der Waals surface area contributed by atoms with E-state index in [0.717, 1.165) is 23.3 Å². The van der Waals surface area contributed by atoms with Gasteiger partial charge in [0.15, 0.2) is 0 Å². The summed E-state index contributed by atoms with van der Waals surface area (Å²) in [4.78, 5) is 23.5. The number of rotatable bonds is 6. The summed E-state index contributed by atoms with van der Waals surface area (Å²) in [5.41, 5.74) is 1.87. The van der Waals surface area contributed by atoms with Crippen molar-refractivity contribution in [3.05, 3.63) is 48.5 Å². The largest absolute Gasteiger partial charge is 0.497 e. The molecule has 0 aliphatic heterocycles. The zero-order valence-electron chi connectivity index (χ0n) is 14.7. The Bertz CT molecular complexity index is 777. The Labute approximate surface area is 147 Å². The number of hydrogen-bond acceptors (Lipinski definition) is 4. The van der Waals surface area contributed by atoms with Gasteiger partial charge in [0.2, 0.25) is 0 Å². The minimum atomic E-state index is -0.288. The van der Waals surface area contributed by atoms with Crippen LogP contribution in [0, 0.1) is 11.3 Å². The Balaban J connectivity index is 1.60. The number of carbonyl (C=O) groups excluding carboxylic acids is 2. The van der Waals surface area contributed by atoms with Gasteiger partial charge in [-0.2, -0.15) is 0 Å². The summed E-state index contributed by atoms with van der Waals surface area (Å²) in [6.07, 6.45) is 1.05. The zero-order chi connectivity index (χ0) is 18.0. The van der Waals surface area contributed by atoms with Crippen LogP contribution in [0.2, 0.25) is 0 Å². The van der Waals surface area contributed by atoms with Gasteiger partial charge in [-0.1, -0.05) is 31.2 Å². The monoisotopic (exact) mass is 338 g/mol. The first-order valence-corrected chi connectivity index (χ1v) is 8.37. The Morgan fingerprint density at radius 1 is 1.00 bits per heavy atom. The molecule has 0 heterocycles. The fourth-order valence-electron chi connectivity index (χ4n) is 3.23. The van der Waals surface area contributed by atoms with Crippen LogP contribution in [0.15, 0.2) is 48.5 Å². The molecule has 2 aromatic rings. The molecule has 2 unspecified atom stereocenters. The summed E-state index contributed by atoms with van der Waals surface area (Å²) in [5, 5.41) is 0. The molecule has 25 heavy (non-hydrogen) atoms. The van der Waals surface area contributed by atoms with E-state index in [2.05, 4.69) is 0 Å². The summed E-state index contributed by atoms with van der Waals surface area (Å²) >= 11 is 0. The van der Waals surface area contributed by atoms with Crippen LogP contribution in [-0.4, -0.2) is 18.9 Å². The van der Waals surface area contributed by atoms with Gasteiger partial charge in [-0.05, 0) is 54.2 Å². The molecule has 0 spiro atoms. The number of ether oxygens (including phenoxy) is 2. The third kappa shape index (κ3) is 3.90. The molecule has 0 amide bonds. The van der Waals surface area contributed by atoms with Crippen molar-refractivity contribution in [1.82, 2.24) is 0 Å². The van der Waals surface area contributed by atoms with E-state index < -0.39 is 0 Å². The number of hydrogen-bond donors (Lipinski definition) is 0. The lowest BCUT2D eigenvalue weighted by atomic mass is 10.0. The first-order valence-electron chi connectivity index (χ1n) is 8.37.